The molecule has 0 atom stereocenters. The molecule has 4 nitrogen and oxygen atoms in total. The molecule has 1 aromatic rings. The number of carbonyl (C=O) groups excluding carboxylic acids is 1. The highest BCUT2D eigenvalue weighted by Gasteiger charge is 2.21. The van der Waals surface area contributed by atoms with Gasteiger partial charge < -0.3 is 15.2 Å². The maximum absolute atomic E-state index is 11.9. The molecule has 92 valence electrons. The van der Waals surface area contributed by atoms with Crippen LogP contribution in [0.5, 0.6) is 5.75 Å². The highest BCUT2D eigenvalue weighted by atomic mass is 16.5. The van der Waals surface area contributed by atoms with Crippen LogP contribution in [0.3, 0.4) is 0 Å². The van der Waals surface area contributed by atoms with Gasteiger partial charge >= 0.3 is 0 Å². The highest BCUT2D eigenvalue weighted by Crippen LogP contribution is 2.22. The summed E-state index contributed by atoms with van der Waals surface area (Å²) in [6, 6.07) is 5.07. The number of aromatic hydroxyl groups is 1. The molecular weight excluding hydrogens is 218 g/mol. The average Bonchev–Trinajstić information content (AvgIpc) is 2.35. The molecular formula is C13H17NO3. The third-order valence-corrected chi connectivity index (χ3v) is 3.06. The molecule has 1 aromatic carbocycles. The first-order valence-electron chi connectivity index (χ1n) is 5.85. The van der Waals surface area contributed by atoms with E-state index in [0.29, 0.717) is 13.2 Å². The van der Waals surface area contributed by atoms with Gasteiger partial charge in [-0.1, -0.05) is 0 Å². The lowest BCUT2D eigenvalue weighted by molar-refractivity contribution is -0.122. The number of hydrogen-bond acceptors (Lipinski definition) is 3. The van der Waals surface area contributed by atoms with Gasteiger partial charge in [-0.2, -0.15) is 0 Å². The molecule has 0 aliphatic carbocycles. The normalized spacial score (nSPS) is 16.8. The first-order chi connectivity index (χ1) is 8.16. The number of benzene rings is 1. The van der Waals surface area contributed by atoms with Crippen LogP contribution >= 0.6 is 0 Å². The Labute approximate surface area is 101 Å². The standard InChI is InChI=1S/C13H17NO3/c1-9-8-11(2-3-12(9)15)14-13(16)10-4-6-17-7-5-10/h2-3,8,10,15H,4-7H2,1H3,(H,14,16). The molecule has 4 heteroatoms. The third kappa shape index (κ3) is 2.97. The SMILES string of the molecule is Cc1cc(NC(=O)C2CCOCC2)ccc1O. The van der Waals surface area contributed by atoms with Gasteiger partial charge in [0.05, 0.1) is 0 Å². The van der Waals surface area contributed by atoms with Crippen LogP contribution in [-0.2, 0) is 9.53 Å². The molecule has 0 unspecified atom stereocenters. The van der Waals surface area contributed by atoms with E-state index in [2.05, 4.69) is 5.32 Å². The second-order valence-corrected chi connectivity index (χ2v) is 4.38. The van der Waals surface area contributed by atoms with Gasteiger partial charge in [0.25, 0.3) is 0 Å². The minimum atomic E-state index is 0.0397. The molecule has 0 radical (unpaired) electrons. The van der Waals surface area contributed by atoms with E-state index < -0.39 is 0 Å². The number of phenols is 1. The lowest BCUT2D eigenvalue weighted by Gasteiger charge is -2.21. The Balaban J connectivity index is 1.99. The topological polar surface area (TPSA) is 58.6 Å². The maximum atomic E-state index is 11.9. The van der Waals surface area contributed by atoms with E-state index >= 15 is 0 Å². The molecule has 1 aliphatic heterocycles. The van der Waals surface area contributed by atoms with Crippen molar-refractivity contribution in [3.8, 4) is 5.75 Å². The Morgan fingerprint density at radius 1 is 1.41 bits per heavy atom. The van der Waals surface area contributed by atoms with E-state index in [0.717, 1.165) is 24.1 Å². The lowest BCUT2D eigenvalue weighted by atomic mass is 9.99. The summed E-state index contributed by atoms with van der Waals surface area (Å²) in [6.45, 7) is 3.12. The van der Waals surface area contributed by atoms with Crippen molar-refractivity contribution in [1.82, 2.24) is 0 Å². The van der Waals surface area contributed by atoms with E-state index in [4.69, 9.17) is 4.74 Å². The number of rotatable bonds is 2. The zero-order chi connectivity index (χ0) is 12.3. The Morgan fingerprint density at radius 3 is 2.76 bits per heavy atom. The molecule has 1 aliphatic rings. The second kappa shape index (κ2) is 5.19. The van der Waals surface area contributed by atoms with Crippen LogP contribution in [0.4, 0.5) is 5.69 Å². The van der Waals surface area contributed by atoms with Crippen molar-refractivity contribution in [3.63, 3.8) is 0 Å². The smallest absolute Gasteiger partial charge is 0.227 e. The molecule has 1 saturated heterocycles. The van der Waals surface area contributed by atoms with Crippen LogP contribution in [0.25, 0.3) is 0 Å². The summed E-state index contributed by atoms with van der Waals surface area (Å²) in [7, 11) is 0. The number of aryl methyl sites for hydroxylation is 1. The van der Waals surface area contributed by atoms with E-state index in [-0.39, 0.29) is 17.6 Å². The highest BCUT2D eigenvalue weighted by molar-refractivity contribution is 5.92. The monoisotopic (exact) mass is 235 g/mol. The Morgan fingerprint density at radius 2 is 2.12 bits per heavy atom. The molecule has 1 amide bonds. The number of ether oxygens (including phenoxy) is 1. The Kier molecular flexibility index (Phi) is 3.64. The summed E-state index contributed by atoms with van der Waals surface area (Å²) in [5, 5.41) is 12.3. The molecule has 17 heavy (non-hydrogen) atoms. The minimum absolute atomic E-state index is 0.0397. The largest absolute Gasteiger partial charge is 0.508 e. The van der Waals surface area contributed by atoms with Crippen LogP contribution in [0.1, 0.15) is 18.4 Å². The van der Waals surface area contributed by atoms with Gasteiger partial charge in [-0.25, -0.2) is 0 Å². The predicted molar refractivity (Wildman–Crippen MR) is 65.0 cm³/mol. The van der Waals surface area contributed by atoms with Crippen LogP contribution in [0.15, 0.2) is 18.2 Å². The van der Waals surface area contributed by atoms with Crippen LogP contribution in [-0.4, -0.2) is 24.2 Å². The van der Waals surface area contributed by atoms with Gasteiger partial charge in [-0.15, -0.1) is 0 Å². The van der Waals surface area contributed by atoms with Crippen LogP contribution in [0.2, 0.25) is 0 Å². The molecule has 1 heterocycles. The number of amides is 1. The van der Waals surface area contributed by atoms with Gasteiger partial charge in [-0.05, 0) is 43.5 Å². The molecule has 0 bridgehead atoms. The Bertz CT molecular complexity index is 411. The van der Waals surface area contributed by atoms with Gasteiger partial charge in [0, 0.05) is 24.8 Å². The number of hydrogen-bond donors (Lipinski definition) is 2. The number of carbonyl (C=O) groups is 1. The first-order valence-corrected chi connectivity index (χ1v) is 5.85. The van der Waals surface area contributed by atoms with Crippen molar-refractivity contribution in [2.45, 2.75) is 19.8 Å². The molecule has 0 aromatic heterocycles. The second-order valence-electron chi connectivity index (χ2n) is 4.38. The summed E-state index contributed by atoms with van der Waals surface area (Å²) in [5.41, 5.74) is 1.49. The lowest BCUT2D eigenvalue weighted by Crippen LogP contribution is -2.28. The molecule has 0 saturated carbocycles. The van der Waals surface area contributed by atoms with Crippen molar-refractivity contribution in [1.29, 1.82) is 0 Å². The summed E-state index contributed by atoms with van der Waals surface area (Å²) in [5.74, 6) is 0.324. The zero-order valence-electron chi connectivity index (χ0n) is 9.90. The van der Waals surface area contributed by atoms with Gasteiger partial charge in [0.1, 0.15) is 5.75 Å². The van der Waals surface area contributed by atoms with Gasteiger partial charge in [0.2, 0.25) is 5.91 Å². The first kappa shape index (κ1) is 11.9. The van der Waals surface area contributed by atoms with Crippen LogP contribution < -0.4 is 5.32 Å². The summed E-state index contributed by atoms with van der Waals surface area (Å²) in [4.78, 5) is 11.9. The quantitative estimate of drug-likeness (QED) is 0.771. The zero-order valence-corrected chi connectivity index (χ0v) is 9.90. The summed E-state index contributed by atoms with van der Waals surface area (Å²) < 4.78 is 5.22. The fraction of sp³-hybridized carbons (Fsp3) is 0.462. The van der Waals surface area contributed by atoms with Crippen molar-refractivity contribution in [2.75, 3.05) is 18.5 Å². The van der Waals surface area contributed by atoms with Crippen molar-refractivity contribution in [2.24, 2.45) is 5.92 Å². The van der Waals surface area contributed by atoms with E-state index in [1.165, 1.54) is 0 Å². The van der Waals surface area contributed by atoms with Crippen LogP contribution in [0, 0.1) is 12.8 Å². The van der Waals surface area contributed by atoms with E-state index in [1.54, 1.807) is 25.1 Å². The molecule has 0 spiro atoms. The molecule has 1 fully saturated rings. The molecule has 2 N–H and O–H groups in total. The number of anilines is 1. The van der Waals surface area contributed by atoms with E-state index in [9.17, 15) is 9.90 Å². The average molecular weight is 235 g/mol. The summed E-state index contributed by atoms with van der Waals surface area (Å²) in [6.07, 6.45) is 1.56. The fourth-order valence-electron chi connectivity index (χ4n) is 1.94. The number of phenolic OH excluding ortho intramolecular Hbond substituents is 1. The Hall–Kier alpha value is -1.55. The third-order valence-electron chi connectivity index (χ3n) is 3.06. The van der Waals surface area contributed by atoms with Gasteiger partial charge in [-0.3, -0.25) is 4.79 Å². The fourth-order valence-corrected chi connectivity index (χ4v) is 1.94. The summed E-state index contributed by atoms with van der Waals surface area (Å²) >= 11 is 0. The van der Waals surface area contributed by atoms with E-state index in [1.807, 2.05) is 0 Å². The maximum Gasteiger partial charge on any atom is 0.227 e. The molecule has 2 rings (SSSR count). The minimum Gasteiger partial charge on any atom is -0.508 e. The van der Waals surface area contributed by atoms with Crippen molar-refractivity contribution >= 4 is 11.6 Å². The van der Waals surface area contributed by atoms with Crippen molar-refractivity contribution in [3.05, 3.63) is 23.8 Å². The predicted octanol–water partition coefficient (Wildman–Crippen LogP) is 2.07. The van der Waals surface area contributed by atoms with Gasteiger partial charge in [0.15, 0.2) is 0 Å². The van der Waals surface area contributed by atoms with Crippen molar-refractivity contribution < 1.29 is 14.6 Å². The number of nitrogens with one attached hydrogen (secondary N) is 1.